The fourth-order valence-electron chi connectivity index (χ4n) is 5.89. The van der Waals surface area contributed by atoms with E-state index in [-0.39, 0.29) is 36.0 Å². The lowest BCUT2D eigenvalue weighted by Gasteiger charge is -2.44. The van der Waals surface area contributed by atoms with Crippen LogP contribution in [0.4, 0.5) is 4.79 Å². The second-order valence-corrected chi connectivity index (χ2v) is 10.6. The van der Waals surface area contributed by atoms with E-state index in [4.69, 9.17) is 4.74 Å². The molecule has 1 aromatic carbocycles. The van der Waals surface area contributed by atoms with Crippen LogP contribution in [0.15, 0.2) is 41.8 Å². The highest BCUT2D eigenvalue weighted by atomic mass is 32.1. The largest absolute Gasteiger partial charge is 0.450 e. The van der Waals surface area contributed by atoms with Crippen molar-refractivity contribution in [2.24, 2.45) is 0 Å². The van der Waals surface area contributed by atoms with E-state index >= 15 is 0 Å². The molecule has 2 aromatic rings. The first-order valence-electron chi connectivity index (χ1n) is 12.8. The number of likely N-dealkylation sites (tertiary alicyclic amines) is 1. The normalized spacial score (nSPS) is 23.3. The van der Waals surface area contributed by atoms with Gasteiger partial charge in [-0.05, 0) is 55.7 Å². The van der Waals surface area contributed by atoms with Gasteiger partial charge in [0.25, 0.3) is 5.91 Å². The van der Waals surface area contributed by atoms with Crippen molar-refractivity contribution in [3.63, 3.8) is 0 Å². The molecular formula is C27H33N3O4S. The molecule has 1 saturated carbocycles. The molecule has 2 unspecified atom stereocenters. The Morgan fingerprint density at radius 2 is 1.80 bits per heavy atom. The third kappa shape index (κ3) is 4.68. The van der Waals surface area contributed by atoms with Gasteiger partial charge >= 0.3 is 6.09 Å². The second kappa shape index (κ2) is 10.4. The molecule has 0 spiro atoms. The molecule has 3 heterocycles. The molecule has 3 amide bonds. The summed E-state index contributed by atoms with van der Waals surface area (Å²) in [4.78, 5) is 44.6. The second-order valence-electron chi connectivity index (χ2n) is 9.64. The van der Waals surface area contributed by atoms with Crippen molar-refractivity contribution in [2.45, 2.75) is 69.5 Å². The van der Waals surface area contributed by atoms with Gasteiger partial charge in [0.2, 0.25) is 5.91 Å². The predicted molar refractivity (Wildman–Crippen MR) is 134 cm³/mol. The number of fused-ring (bicyclic) bond motifs is 1. The summed E-state index contributed by atoms with van der Waals surface area (Å²) in [5, 5.41) is 5.31. The number of benzene rings is 1. The first-order valence-corrected chi connectivity index (χ1v) is 13.6. The molecule has 186 valence electrons. The maximum atomic E-state index is 14.0. The topological polar surface area (TPSA) is 79.0 Å². The fraction of sp³-hybridized carbons (Fsp3) is 0.519. The summed E-state index contributed by atoms with van der Waals surface area (Å²) in [5.41, 5.74) is 1.45. The van der Waals surface area contributed by atoms with Crippen molar-refractivity contribution < 1.29 is 19.1 Å². The Labute approximate surface area is 210 Å². The molecule has 1 N–H and O–H groups in total. The SMILES string of the molecule is CCOC(=O)N1CCC(NC(=O)C2c3ccccc3C(=O)N(C3CCCC3)C2c2cccs2)CC1. The Bertz CT molecular complexity index is 1060. The van der Waals surface area contributed by atoms with Crippen LogP contribution in [0.2, 0.25) is 0 Å². The van der Waals surface area contributed by atoms with Crippen LogP contribution in [-0.4, -0.2) is 59.5 Å². The van der Waals surface area contributed by atoms with E-state index in [1.807, 2.05) is 40.6 Å². The summed E-state index contributed by atoms with van der Waals surface area (Å²) in [7, 11) is 0. The van der Waals surface area contributed by atoms with Crippen molar-refractivity contribution >= 4 is 29.2 Å². The van der Waals surface area contributed by atoms with E-state index in [1.54, 1.807) is 23.2 Å². The number of hydrogen-bond donors (Lipinski definition) is 1. The maximum absolute atomic E-state index is 14.0. The number of piperidine rings is 1. The van der Waals surface area contributed by atoms with Crippen LogP contribution in [0.5, 0.6) is 0 Å². The third-order valence-corrected chi connectivity index (χ3v) is 8.52. The van der Waals surface area contributed by atoms with Crippen LogP contribution in [0.1, 0.15) is 78.2 Å². The average molecular weight is 496 g/mol. The summed E-state index contributed by atoms with van der Waals surface area (Å²) in [6.07, 6.45) is 5.28. The Morgan fingerprint density at radius 1 is 1.06 bits per heavy atom. The number of carbonyl (C=O) groups is 3. The fourth-order valence-corrected chi connectivity index (χ4v) is 6.75. The summed E-state index contributed by atoms with van der Waals surface area (Å²) in [5.74, 6) is -0.468. The standard InChI is InChI=1S/C27H33N3O4S/c1-2-34-27(33)29-15-13-18(14-16-29)28-25(31)23-20-10-5-6-11-21(20)26(32)30(19-8-3-4-9-19)24(23)22-12-7-17-35-22/h5-7,10-12,17-19,23-24H,2-4,8-9,13-16H2,1H3,(H,28,31). The molecule has 7 nitrogen and oxygen atoms in total. The number of ether oxygens (including phenoxy) is 1. The van der Waals surface area contributed by atoms with Crippen LogP contribution >= 0.6 is 11.3 Å². The summed E-state index contributed by atoms with van der Waals surface area (Å²) < 4.78 is 5.12. The van der Waals surface area contributed by atoms with Crippen LogP contribution < -0.4 is 5.32 Å². The molecule has 8 heteroatoms. The van der Waals surface area contributed by atoms with E-state index in [9.17, 15) is 14.4 Å². The number of nitrogens with one attached hydrogen (secondary N) is 1. The Balaban J connectivity index is 1.42. The van der Waals surface area contributed by atoms with Gasteiger partial charge < -0.3 is 19.9 Å². The minimum absolute atomic E-state index is 0.0121. The van der Waals surface area contributed by atoms with Gasteiger partial charge in [0.15, 0.2) is 0 Å². The van der Waals surface area contributed by atoms with Crippen LogP contribution in [0, 0.1) is 0 Å². The number of thiophene rings is 1. The van der Waals surface area contributed by atoms with Crippen molar-refractivity contribution in [1.29, 1.82) is 0 Å². The zero-order valence-electron chi connectivity index (χ0n) is 20.2. The summed E-state index contributed by atoms with van der Waals surface area (Å²) in [6, 6.07) is 11.5. The lowest BCUT2D eigenvalue weighted by Crippen LogP contribution is -2.53. The minimum Gasteiger partial charge on any atom is -0.450 e. The summed E-state index contributed by atoms with van der Waals surface area (Å²) in [6.45, 7) is 3.28. The molecule has 2 atom stereocenters. The van der Waals surface area contributed by atoms with Crippen molar-refractivity contribution in [3.8, 4) is 0 Å². The molecule has 0 radical (unpaired) electrons. The van der Waals surface area contributed by atoms with Crippen LogP contribution in [-0.2, 0) is 9.53 Å². The lowest BCUT2D eigenvalue weighted by molar-refractivity contribution is -0.125. The Morgan fingerprint density at radius 3 is 2.49 bits per heavy atom. The van der Waals surface area contributed by atoms with E-state index < -0.39 is 5.92 Å². The molecule has 1 saturated heterocycles. The third-order valence-electron chi connectivity index (χ3n) is 7.58. The Kier molecular flexibility index (Phi) is 7.09. The molecule has 2 aliphatic heterocycles. The smallest absolute Gasteiger partial charge is 0.409 e. The Hall–Kier alpha value is -2.87. The quantitative estimate of drug-likeness (QED) is 0.652. The molecular weight excluding hydrogens is 462 g/mol. The first-order chi connectivity index (χ1) is 17.1. The van der Waals surface area contributed by atoms with Gasteiger partial charge in [-0.1, -0.05) is 37.1 Å². The first kappa shape index (κ1) is 23.9. The molecule has 1 aromatic heterocycles. The number of nitrogens with zero attached hydrogens (tertiary/aromatic N) is 2. The van der Waals surface area contributed by atoms with E-state index in [1.165, 1.54) is 0 Å². The lowest BCUT2D eigenvalue weighted by atomic mass is 9.80. The van der Waals surface area contributed by atoms with Crippen LogP contribution in [0.3, 0.4) is 0 Å². The number of hydrogen-bond acceptors (Lipinski definition) is 5. The summed E-state index contributed by atoms with van der Waals surface area (Å²) >= 11 is 1.61. The molecule has 2 fully saturated rings. The number of amides is 3. The van der Waals surface area contributed by atoms with Crippen molar-refractivity contribution in [1.82, 2.24) is 15.1 Å². The zero-order chi connectivity index (χ0) is 24.4. The molecule has 35 heavy (non-hydrogen) atoms. The van der Waals surface area contributed by atoms with Crippen molar-refractivity contribution in [3.05, 3.63) is 57.8 Å². The van der Waals surface area contributed by atoms with Gasteiger partial charge in [-0.3, -0.25) is 9.59 Å². The highest BCUT2D eigenvalue weighted by Crippen LogP contribution is 2.47. The zero-order valence-corrected chi connectivity index (χ0v) is 21.0. The monoisotopic (exact) mass is 495 g/mol. The maximum Gasteiger partial charge on any atom is 0.409 e. The minimum atomic E-state index is -0.466. The molecule has 3 aliphatic rings. The predicted octanol–water partition coefficient (Wildman–Crippen LogP) is 4.71. The molecule has 5 rings (SSSR count). The average Bonchev–Trinajstić information content (AvgIpc) is 3.59. The van der Waals surface area contributed by atoms with Gasteiger partial charge in [0, 0.05) is 35.6 Å². The van der Waals surface area contributed by atoms with E-state index in [0.717, 1.165) is 36.1 Å². The molecule has 1 aliphatic carbocycles. The highest BCUT2D eigenvalue weighted by Gasteiger charge is 2.47. The molecule has 0 bridgehead atoms. The van der Waals surface area contributed by atoms with Gasteiger partial charge in [-0.2, -0.15) is 0 Å². The number of rotatable bonds is 5. The van der Waals surface area contributed by atoms with Crippen LogP contribution in [0.25, 0.3) is 0 Å². The van der Waals surface area contributed by atoms with Gasteiger partial charge in [-0.25, -0.2) is 4.79 Å². The van der Waals surface area contributed by atoms with E-state index in [0.29, 0.717) is 38.1 Å². The van der Waals surface area contributed by atoms with E-state index in [2.05, 4.69) is 11.4 Å². The highest BCUT2D eigenvalue weighted by molar-refractivity contribution is 7.10. The number of carbonyl (C=O) groups excluding carboxylic acids is 3. The van der Waals surface area contributed by atoms with Gasteiger partial charge in [0.1, 0.15) is 0 Å². The van der Waals surface area contributed by atoms with Crippen molar-refractivity contribution in [2.75, 3.05) is 19.7 Å². The van der Waals surface area contributed by atoms with Gasteiger partial charge in [0.05, 0.1) is 18.6 Å². The van der Waals surface area contributed by atoms with Gasteiger partial charge in [-0.15, -0.1) is 11.3 Å².